The molecule has 6 aliphatic rings. The van der Waals surface area contributed by atoms with E-state index in [1.165, 1.54) is 59.0 Å². The van der Waals surface area contributed by atoms with Crippen molar-refractivity contribution >= 4 is 69.6 Å². The van der Waals surface area contributed by atoms with Gasteiger partial charge in [0.25, 0.3) is 11.8 Å². The third kappa shape index (κ3) is 7.18. The summed E-state index contributed by atoms with van der Waals surface area (Å²) in [7, 11) is 1.83. The van der Waals surface area contributed by atoms with Crippen LogP contribution in [0.1, 0.15) is 77.8 Å². The summed E-state index contributed by atoms with van der Waals surface area (Å²) in [5.41, 5.74) is 12.1. The number of benzene rings is 2. The van der Waals surface area contributed by atoms with Crippen molar-refractivity contribution in [2.75, 3.05) is 79.4 Å². The van der Waals surface area contributed by atoms with E-state index in [2.05, 4.69) is 48.5 Å². The highest BCUT2D eigenvalue weighted by molar-refractivity contribution is 6.34. The largest absolute Gasteiger partial charge is 0.385 e. The van der Waals surface area contributed by atoms with Crippen LogP contribution in [0.25, 0.3) is 5.65 Å². The van der Waals surface area contributed by atoms with Crippen LogP contribution >= 0.6 is 11.6 Å². The molecule has 4 aromatic rings. The van der Waals surface area contributed by atoms with Crippen molar-refractivity contribution in [1.29, 1.82) is 0 Å². The number of fused-ring (bicyclic) bond motifs is 2. The number of imidazole rings is 1. The molecule has 304 valence electrons. The topological polar surface area (TPSA) is 165 Å². The minimum atomic E-state index is -0.574. The number of hydrogen-bond acceptors (Lipinski definition) is 10. The molecular weight excluding hydrogens is 758 g/mol. The maximum atomic E-state index is 13.6. The highest BCUT2D eigenvalue weighted by Gasteiger charge is 2.48. The first-order chi connectivity index (χ1) is 28.1. The molecule has 0 atom stereocenters. The summed E-state index contributed by atoms with van der Waals surface area (Å²) < 4.78 is 1.53. The molecule has 5 amide bonds. The molecule has 2 aromatic carbocycles. The number of rotatable bonds is 7. The number of urea groups is 1. The zero-order chi connectivity index (χ0) is 40.1. The number of amides is 5. The second-order valence-electron chi connectivity index (χ2n) is 16.4. The van der Waals surface area contributed by atoms with Gasteiger partial charge < -0.3 is 25.8 Å². The summed E-state index contributed by atoms with van der Waals surface area (Å²) >= 11 is 6.43. The number of halogens is 1. The zero-order valence-electron chi connectivity index (χ0n) is 32.9. The van der Waals surface area contributed by atoms with Crippen LogP contribution < -0.4 is 31.1 Å². The monoisotopic (exact) mass is 807 g/mol. The van der Waals surface area contributed by atoms with Crippen molar-refractivity contribution in [2.24, 2.45) is 11.1 Å². The first-order valence-corrected chi connectivity index (χ1v) is 20.9. The quantitative estimate of drug-likeness (QED) is 0.231. The number of anilines is 5. The second kappa shape index (κ2) is 15.4. The molecule has 0 radical (unpaired) electrons. The van der Waals surface area contributed by atoms with E-state index in [1.807, 2.05) is 18.0 Å². The predicted octanol–water partition coefficient (Wildman–Crippen LogP) is 5.04. The molecule has 16 heteroatoms. The van der Waals surface area contributed by atoms with Gasteiger partial charge in [-0.1, -0.05) is 36.9 Å². The molecule has 3 saturated heterocycles. The van der Waals surface area contributed by atoms with Gasteiger partial charge >= 0.3 is 6.03 Å². The maximum absolute atomic E-state index is 13.6. The molecule has 2 saturated carbocycles. The number of carbonyl (C=O) groups is 4. The van der Waals surface area contributed by atoms with Crippen LogP contribution in [0.2, 0.25) is 5.02 Å². The number of aromatic nitrogens is 3. The summed E-state index contributed by atoms with van der Waals surface area (Å²) in [5, 5.41) is 10.7. The smallest absolute Gasteiger partial charge is 0.328 e. The number of hydrogen-bond donors (Lipinski definition) is 3. The van der Waals surface area contributed by atoms with Crippen LogP contribution in [0.5, 0.6) is 0 Å². The van der Waals surface area contributed by atoms with Gasteiger partial charge in [0, 0.05) is 100 Å². The average molecular weight is 808 g/mol. The highest BCUT2D eigenvalue weighted by atomic mass is 35.5. The van der Waals surface area contributed by atoms with E-state index >= 15 is 0 Å². The Bertz CT molecular complexity index is 2270. The lowest BCUT2D eigenvalue weighted by Gasteiger charge is -2.56. The van der Waals surface area contributed by atoms with Gasteiger partial charge in [-0.05, 0) is 67.9 Å². The third-order valence-electron chi connectivity index (χ3n) is 12.8. The molecule has 58 heavy (non-hydrogen) atoms. The number of primary amides is 1. The predicted molar refractivity (Wildman–Crippen MR) is 223 cm³/mol. The molecule has 5 fully saturated rings. The number of carbonyl (C=O) groups excluding carboxylic acids is 4. The Balaban J connectivity index is 0.00000139. The van der Waals surface area contributed by atoms with Gasteiger partial charge in [0.1, 0.15) is 5.69 Å². The Labute approximate surface area is 342 Å². The highest BCUT2D eigenvalue weighted by Crippen LogP contribution is 2.51. The molecule has 1 spiro atoms. The van der Waals surface area contributed by atoms with Gasteiger partial charge in [-0.2, -0.15) is 0 Å². The van der Waals surface area contributed by atoms with Gasteiger partial charge in [0.05, 0.1) is 22.6 Å². The SMILES string of the molecule is C1CC1.CNc1cc(N2CCc3c(N4CCN(C5CC6(CCN(C(=O)c7ccc(Cl)c(N8CCC(=O)NC8=O)c7)CC6)C5)CC4)cccc32)nn2c(C(N)=O)cnc12. The Kier molecular flexibility index (Phi) is 10.1. The van der Waals surface area contributed by atoms with Crippen molar-refractivity contribution in [3.8, 4) is 0 Å². The first-order valence-electron chi connectivity index (χ1n) is 20.6. The summed E-state index contributed by atoms with van der Waals surface area (Å²) in [5.74, 6) is -0.216. The van der Waals surface area contributed by atoms with Crippen LogP contribution in [0.4, 0.5) is 33.4 Å². The van der Waals surface area contributed by atoms with Crippen molar-refractivity contribution in [2.45, 2.75) is 63.8 Å². The summed E-state index contributed by atoms with van der Waals surface area (Å²) in [6, 6.07) is 13.6. The van der Waals surface area contributed by atoms with E-state index in [-0.39, 0.29) is 35.9 Å². The number of likely N-dealkylation sites (tertiary alicyclic amines) is 1. The van der Waals surface area contributed by atoms with Crippen LogP contribution in [0.15, 0.2) is 48.7 Å². The van der Waals surface area contributed by atoms with E-state index in [0.29, 0.717) is 41.1 Å². The molecule has 0 unspecified atom stereocenters. The minimum absolute atomic E-state index is 0.0563. The van der Waals surface area contributed by atoms with Gasteiger partial charge in [-0.3, -0.25) is 29.5 Å². The molecule has 4 N–H and O–H groups in total. The lowest BCUT2D eigenvalue weighted by atomic mass is 9.60. The Morgan fingerprint density at radius 1 is 0.879 bits per heavy atom. The molecule has 2 aliphatic carbocycles. The number of nitrogens with one attached hydrogen (secondary N) is 2. The van der Waals surface area contributed by atoms with Gasteiger partial charge in [-0.25, -0.2) is 14.3 Å². The fraction of sp³-hybridized carbons (Fsp3) is 0.476. The molecular formula is C42H50ClN11O4. The van der Waals surface area contributed by atoms with Crippen LogP contribution in [-0.2, 0) is 11.2 Å². The van der Waals surface area contributed by atoms with Gasteiger partial charge in [0.15, 0.2) is 11.5 Å². The Morgan fingerprint density at radius 2 is 1.60 bits per heavy atom. The van der Waals surface area contributed by atoms with E-state index < -0.39 is 11.9 Å². The van der Waals surface area contributed by atoms with Crippen molar-refractivity contribution < 1.29 is 19.2 Å². The summed E-state index contributed by atoms with van der Waals surface area (Å²) in [6.07, 6.45) is 11.4. The average Bonchev–Trinajstić information content (AvgIpc) is 3.94. The van der Waals surface area contributed by atoms with Crippen LogP contribution in [0.3, 0.4) is 0 Å². The van der Waals surface area contributed by atoms with Crippen molar-refractivity contribution in [3.63, 3.8) is 0 Å². The Morgan fingerprint density at radius 3 is 2.29 bits per heavy atom. The fourth-order valence-corrected chi connectivity index (χ4v) is 9.56. The van der Waals surface area contributed by atoms with Gasteiger partial charge in [-0.15, -0.1) is 5.10 Å². The molecule has 10 rings (SSSR count). The third-order valence-corrected chi connectivity index (χ3v) is 13.1. The number of imide groups is 1. The van der Waals surface area contributed by atoms with Crippen LogP contribution in [0, 0.1) is 5.41 Å². The number of piperidine rings is 1. The summed E-state index contributed by atoms with van der Waals surface area (Å²) in [6.45, 7) is 6.38. The molecule has 4 aliphatic heterocycles. The molecule has 6 heterocycles. The van der Waals surface area contributed by atoms with E-state index in [1.54, 1.807) is 18.2 Å². The van der Waals surface area contributed by atoms with Gasteiger partial charge in [0.2, 0.25) is 5.91 Å². The number of nitrogens with two attached hydrogens (primary N) is 1. The number of nitrogens with zero attached hydrogens (tertiary/aromatic N) is 8. The molecule has 0 bridgehead atoms. The first kappa shape index (κ1) is 38.1. The number of piperazine rings is 1. The lowest BCUT2D eigenvalue weighted by Crippen LogP contribution is -2.59. The standard InChI is InChI=1S/C39H44ClN11O4.C3H6/c1-42-28-20-33(45-51-32(35(41)53)23-43-36(28)51)49-11-7-26-29(3-2-4-30(26)49)47-17-15-46(16-18-47)25-21-39(22-25)9-13-48(14-10-39)37(54)24-5-6-27(40)31(19-24)50-12-8-34(52)44-38(50)55;1-2-3-1/h2-6,19-20,23,25,42H,7-18,21-22H2,1H3,(H2,41,53)(H,44,52,55);1-3H2. The minimum Gasteiger partial charge on any atom is -0.385 e. The van der Waals surface area contributed by atoms with E-state index in [4.69, 9.17) is 22.4 Å². The zero-order valence-corrected chi connectivity index (χ0v) is 33.6. The van der Waals surface area contributed by atoms with Crippen molar-refractivity contribution in [1.82, 2.24) is 29.7 Å². The van der Waals surface area contributed by atoms with E-state index in [9.17, 15) is 19.2 Å². The van der Waals surface area contributed by atoms with E-state index in [0.717, 1.165) is 69.2 Å². The van der Waals surface area contributed by atoms with Crippen LogP contribution in [-0.4, -0.2) is 114 Å². The molecule has 15 nitrogen and oxygen atoms in total. The second-order valence-corrected chi connectivity index (χ2v) is 16.9. The normalized spacial score (nSPS) is 20.4. The maximum Gasteiger partial charge on any atom is 0.328 e. The Hall–Kier alpha value is -5.41. The fourth-order valence-electron chi connectivity index (χ4n) is 9.34. The summed E-state index contributed by atoms with van der Waals surface area (Å²) in [4.78, 5) is 64.9. The molecule has 2 aromatic heterocycles. The van der Waals surface area contributed by atoms with Crippen molar-refractivity contribution in [3.05, 3.63) is 70.5 Å². The lowest BCUT2D eigenvalue weighted by molar-refractivity contribution is -0.120.